The van der Waals surface area contributed by atoms with Crippen LogP contribution in [-0.4, -0.2) is 36.1 Å². The molecule has 5 heteroatoms. The zero-order chi connectivity index (χ0) is 13.1. The predicted octanol–water partition coefficient (Wildman–Crippen LogP) is 2.78. The normalized spacial score (nSPS) is 16.2. The number of benzene rings is 1. The number of nitrogens with one attached hydrogen (secondary N) is 1. The van der Waals surface area contributed by atoms with Gasteiger partial charge in [0.2, 0.25) is 0 Å². The van der Waals surface area contributed by atoms with Gasteiger partial charge in [0, 0.05) is 12.2 Å². The lowest BCUT2D eigenvalue weighted by Crippen LogP contribution is -2.22. The molecule has 2 aromatic rings. The first kappa shape index (κ1) is 12.7. The molecule has 0 amide bonds. The smallest absolute Gasteiger partial charge is 0.183 e. The van der Waals surface area contributed by atoms with Crippen molar-refractivity contribution in [1.29, 1.82) is 0 Å². The zero-order valence-corrected chi connectivity index (χ0v) is 11.9. The first-order valence-electron chi connectivity index (χ1n) is 6.93. The van der Waals surface area contributed by atoms with Crippen LogP contribution in [-0.2, 0) is 0 Å². The first-order chi connectivity index (χ1) is 9.31. The van der Waals surface area contributed by atoms with Gasteiger partial charge in [-0.3, -0.25) is 0 Å². The molecular formula is C14H20N4S. The lowest BCUT2D eigenvalue weighted by molar-refractivity contribution is 0.337. The summed E-state index contributed by atoms with van der Waals surface area (Å²) in [5, 5.41) is 4.42. The molecule has 0 saturated carbocycles. The third kappa shape index (κ3) is 3.16. The Kier molecular flexibility index (Phi) is 3.84. The van der Waals surface area contributed by atoms with Crippen LogP contribution in [0.1, 0.15) is 19.3 Å². The van der Waals surface area contributed by atoms with Crippen LogP contribution in [0.3, 0.4) is 0 Å². The minimum absolute atomic E-state index is 0.803. The van der Waals surface area contributed by atoms with Crippen LogP contribution in [0, 0.1) is 0 Å². The Balaban J connectivity index is 1.50. The fourth-order valence-electron chi connectivity index (χ4n) is 2.52. The molecule has 1 aliphatic rings. The number of nitrogen functional groups attached to an aromatic ring is 1. The molecule has 19 heavy (non-hydrogen) atoms. The van der Waals surface area contributed by atoms with Crippen molar-refractivity contribution in [1.82, 2.24) is 9.88 Å². The molecule has 0 spiro atoms. The number of nitrogens with zero attached hydrogens (tertiary/aromatic N) is 2. The monoisotopic (exact) mass is 276 g/mol. The minimum Gasteiger partial charge on any atom is -0.399 e. The van der Waals surface area contributed by atoms with Gasteiger partial charge in [0.05, 0.1) is 10.2 Å². The standard InChI is InChI=1S/C14H20N4S/c15-11-4-5-12-13(10-11)19-14(17-12)16-6-3-9-18-7-1-2-8-18/h4-5,10H,1-3,6-9,15H2,(H,16,17). The number of thiazole rings is 1. The maximum absolute atomic E-state index is 5.78. The highest BCUT2D eigenvalue weighted by Crippen LogP contribution is 2.27. The molecule has 1 aromatic carbocycles. The summed E-state index contributed by atoms with van der Waals surface area (Å²) in [5.41, 5.74) is 7.61. The summed E-state index contributed by atoms with van der Waals surface area (Å²) < 4.78 is 1.15. The molecular weight excluding hydrogens is 256 g/mol. The van der Waals surface area contributed by atoms with Gasteiger partial charge in [-0.1, -0.05) is 11.3 Å². The molecule has 0 atom stereocenters. The SMILES string of the molecule is Nc1ccc2nc(NCCCN3CCCC3)sc2c1. The molecule has 1 aliphatic heterocycles. The summed E-state index contributed by atoms with van der Waals surface area (Å²) in [4.78, 5) is 7.10. The van der Waals surface area contributed by atoms with Crippen LogP contribution in [0.15, 0.2) is 18.2 Å². The van der Waals surface area contributed by atoms with Gasteiger partial charge in [0.25, 0.3) is 0 Å². The van der Waals surface area contributed by atoms with Crippen molar-refractivity contribution in [2.45, 2.75) is 19.3 Å². The van der Waals surface area contributed by atoms with E-state index in [4.69, 9.17) is 5.73 Å². The molecule has 3 N–H and O–H groups in total. The molecule has 4 nitrogen and oxygen atoms in total. The van der Waals surface area contributed by atoms with E-state index < -0.39 is 0 Å². The average Bonchev–Trinajstić information content (AvgIpc) is 3.02. The maximum atomic E-state index is 5.78. The number of anilines is 2. The second kappa shape index (κ2) is 5.75. The Morgan fingerprint density at radius 2 is 2.16 bits per heavy atom. The third-order valence-corrected chi connectivity index (χ3v) is 4.51. The van der Waals surface area contributed by atoms with Crippen molar-refractivity contribution >= 4 is 32.4 Å². The van der Waals surface area contributed by atoms with Crippen molar-refractivity contribution in [2.75, 3.05) is 37.2 Å². The molecule has 0 bridgehead atoms. The molecule has 1 fully saturated rings. The van der Waals surface area contributed by atoms with E-state index >= 15 is 0 Å². The number of hydrogen-bond donors (Lipinski definition) is 2. The lowest BCUT2D eigenvalue weighted by atomic mass is 10.3. The highest BCUT2D eigenvalue weighted by atomic mass is 32.1. The average molecular weight is 276 g/mol. The molecule has 0 unspecified atom stereocenters. The molecule has 2 heterocycles. The number of likely N-dealkylation sites (tertiary alicyclic amines) is 1. The molecule has 1 saturated heterocycles. The summed E-state index contributed by atoms with van der Waals surface area (Å²) in [6.45, 7) is 4.75. The summed E-state index contributed by atoms with van der Waals surface area (Å²) in [5.74, 6) is 0. The zero-order valence-electron chi connectivity index (χ0n) is 11.1. The van der Waals surface area contributed by atoms with Crippen molar-refractivity contribution in [3.8, 4) is 0 Å². The Morgan fingerprint density at radius 3 is 3.00 bits per heavy atom. The molecule has 0 radical (unpaired) electrons. The Bertz CT molecular complexity index is 545. The highest BCUT2D eigenvalue weighted by Gasteiger charge is 2.10. The summed E-state index contributed by atoms with van der Waals surface area (Å²) in [6, 6.07) is 5.87. The maximum Gasteiger partial charge on any atom is 0.183 e. The third-order valence-electron chi connectivity index (χ3n) is 3.54. The van der Waals surface area contributed by atoms with Gasteiger partial charge in [-0.2, -0.15) is 0 Å². The van der Waals surface area contributed by atoms with E-state index in [-0.39, 0.29) is 0 Å². The summed E-state index contributed by atoms with van der Waals surface area (Å²) in [6.07, 6.45) is 3.91. The van der Waals surface area contributed by atoms with E-state index in [0.717, 1.165) is 27.6 Å². The number of hydrogen-bond acceptors (Lipinski definition) is 5. The second-order valence-electron chi connectivity index (χ2n) is 5.08. The quantitative estimate of drug-likeness (QED) is 0.651. The van der Waals surface area contributed by atoms with Gasteiger partial charge in [-0.25, -0.2) is 4.98 Å². The van der Waals surface area contributed by atoms with Crippen molar-refractivity contribution in [2.24, 2.45) is 0 Å². The number of aromatic nitrogens is 1. The number of nitrogens with two attached hydrogens (primary N) is 1. The molecule has 0 aliphatic carbocycles. The summed E-state index contributed by atoms with van der Waals surface area (Å²) in [7, 11) is 0. The Hall–Kier alpha value is -1.33. The Morgan fingerprint density at radius 1 is 1.32 bits per heavy atom. The van der Waals surface area contributed by atoms with E-state index in [0.29, 0.717) is 0 Å². The van der Waals surface area contributed by atoms with Crippen LogP contribution in [0.2, 0.25) is 0 Å². The van der Waals surface area contributed by atoms with Gasteiger partial charge in [-0.15, -0.1) is 0 Å². The second-order valence-corrected chi connectivity index (χ2v) is 6.11. The van der Waals surface area contributed by atoms with Gasteiger partial charge in [0.1, 0.15) is 0 Å². The van der Waals surface area contributed by atoms with E-state index in [1.54, 1.807) is 11.3 Å². The number of fused-ring (bicyclic) bond motifs is 1. The van der Waals surface area contributed by atoms with Crippen molar-refractivity contribution < 1.29 is 0 Å². The van der Waals surface area contributed by atoms with Gasteiger partial charge in [0.15, 0.2) is 5.13 Å². The fraction of sp³-hybridized carbons (Fsp3) is 0.500. The van der Waals surface area contributed by atoms with E-state index in [1.807, 2.05) is 18.2 Å². The predicted molar refractivity (Wildman–Crippen MR) is 82.8 cm³/mol. The van der Waals surface area contributed by atoms with Crippen LogP contribution in [0.25, 0.3) is 10.2 Å². The topological polar surface area (TPSA) is 54.2 Å². The fourth-order valence-corrected chi connectivity index (χ4v) is 3.46. The molecule has 3 rings (SSSR count). The van der Waals surface area contributed by atoms with E-state index in [1.165, 1.54) is 38.9 Å². The van der Waals surface area contributed by atoms with E-state index in [9.17, 15) is 0 Å². The van der Waals surface area contributed by atoms with Crippen LogP contribution in [0.4, 0.5) is 10.8 Å². The largest absolute Gasteiger partial charge is 0.399 e. The van der Waals surface area contributed by atoms with Crippen LogP contribution in [0.5, 0.6) is 0 Å². The van der Waals surface area contributed by atoms with E-state index in [2.05, 4.69) is 15.2 Å². The molecule has 102 valence electrons. The van der Waals surface area contributed by atoms with Crippen molar-refractivity contribution in [3.63, 3.8) is 0 Å². The lowest BCUT2D eigenvalue weighted by Gasteiger charge is -2.13. The van der Waals surface area contributed by atoms with Crippen LogP contribution < -0.4 is 11.1 Å². The van der Waals surface area contributed by atoms with Crippen molar-refractivity contribution in [3.05, 3.63) is 18.2 Å². The molecule has 1 aromatic heterocycles. The van der Waals surface area contributed by atoms with Crippen LogP contribution >= 0.6 is 11.3 Å². The van der Waals surface area contributed by atoms with Gasteiger partial charge in [-0.05, 0) is 57.1 Å². The summed E-state index contributed by atoms with van der Waals surface area (Å²) >= 11 is 1.68. The minimum atomic E-state index is 0.803. The van der Waals surface area contributed by atoms with Gasteiger partial charge < -0.3 is 16.0 Å². The first-order valence-corrected chi connectivity index (χ1v) is 7.75. The Labute approximate surface area is 117 Å². The van der Waals surface area contributed by atoms with Gasteiger partial charge >= 0.3 is 0 Å². The number of rotatable bonds is 5. The highest BCUT2D eigenvalue weighted by molar-refractivity contribution is 7.22.